The lowest BCUT2D eigenvalue weighted by Gasteiger charge is -2.29. The highest BCUT2D eigenvalue weighted by atomic mass is 32.1. The fraction of sp³-hybridized carbons (Fsp3) is 0.294. The molecule has 0 saturated heterocycles. The smallest absolute Gasteiger partial charge is 0.207 e. The van der Waals surface area contributed by atoms with E-state index < -0.39 is 0 Å². The van der Waals surface area contributed by atoms with Gasteiger partial charge in [-0.3, -0.25) is 0 Å². The van der Waals surface area contributed by atoms with Crippen LogP contribution in [-0.2, 0) is 11.3 Å². The largest absolute Gasteiger partial charge is 0.387 e. The van der Waals surface area contributed by atoms with Crippen molar-refractivity contribution < 1.29 is 4.84 Å². The van der Waals surface area contributed by atoms with Crippen LogP contribution in [0, 0.1) is 6.92 Å². The van der Waals surface area contributed by atoms with Crippen molar-refractivity contribution in [3.8, 4) is 0 Å². The SMILES string of the molecule is Cc1ccsc1C1C=C(N)ON1C1CCc2ccccc21. The Hall–Kier alpha value is -1.78. The van der Waals surface area contributed by atoms with Crippen LogP contribution in [0.2, 0.25) is 0 Å². The number of thiophene rings is 1. The van der Waals surface area contributed by atoms with E-state index >= 15 is 0 Å². The van der Waals surface area contributed by atoms with Crippen molar-refractivity contribution >= 4 is 11.3 Å². The number of hydrogen-bond donors (Lipinski definition) is 1. The fourth-order valence-corrected chi connectivity index (χ4v) is 4.36. The molecule has 2 unspecified atom stereocenters. The molecule has 0 bridgehead atoms. The van der Waals surface area contributed by atoms with Crippen molar-refractivity contribution in [2.24, 2.45) is 5.73 Å². The van der Waals surface area contributed by atoms with Crippen LogP contribution in [0.25, 0.3) is 0 Å². The van der Waals surface area contributed by atoms with E-state index in [1.54, 1.807) is 11.3 Å². The van der Waals surface area contributed by atoms with Gasteiger partial charge in [0.2, 0.25) is 5.88 Å². The van der Waals surface area contributed by atoms with Crippen LogP contribution in [0.15, 0.2) is 47.7 Å². The van der Waals surface area contributed by atoms with Gasteiger partial charge in [-0.25, -0.2) is 0 Å². The maximum Gasteiger partial charge on any atom is 0.207 e. The summed E-state index contributed by atoms with van der Waals surface area (Å²) in [7, 11) is 0. The van der Waals surface area contributed by atoms with Gasteiger partial charge >= 0.3 is 0 Å². The Balaban J connectivity index is 1.71. The number of hydroxylamine groups is 2. The number of nitrogens with zero attached hydrogens (tertiary/aromatic N) is 1. The molecule has 2 heterocycles. The first-order valence-corrected chi connectivity index (χ1v) is 8.17. The third-order valence-corrected chi connectivity index (χ3v) is 5.48. The first-order valence-electron chi connectivity index (χ1n) is 7.29. The fourth-order valence-electron chi connectivity index (χ4n) is 3.37. The van der Waals surface area contributed by atoms with Crippen LogP contribution in [0.5, 0.6) is 0 Å². The predicted octanol–water partition coefficient (Wildman–Crippen LogP) is 3.83. The van der Waals surface area contributed by atoms with Crippen molar-refractivity contribution in [1.82, 2.24) is 5.06 Å². The Kier molecular flexibility index (Phi) is 3.01. The molecule has 0 fully saturated rings. The van der Waals surface area contributed by atoms with Crippen molar-refractivity contribution in [3.05, 3.63) is 69.2 Å². The lowest BCUT2D eigenvalue weighted by molar-refractivity contribution is -0.153. The minimum Gasteiger partial charge on any atom is -0.387 e. The molecule has 0 saturated carbocycles. The second-order valence-corrected chi connectivity index (χ2v) is 6.63. The van der Waals surface area contributed by atoms with Crippen molar-refractivity contribution in [2.45, 2.75) is 31.8 Å². The van der Waals surface area contributed by atoms with E-state index in [0.717, 1.165) is 12.8 Å². The average Bonchev–Trinajstić information content (AvgIpc) is 3.16. The first-order chi connectivity index (χ1) is 10.2. The molecule has 2 N–H and O–H groups in total. The molecule has 3 nitrogen and oxygen atoms in total. The van der Waals surface area contributed by atoms with Crippen LogP contribution in [-0.4, -0.2) is 5.06 Å². The van der Waals surface area contributed by atoms with E-state index in [9.17, 15) is 0 Å². The lowest BCUT2D eigenvalue weighted by atomic mass is 10.1. The Bertz CT molecular complexity index is 706. The molecule has 0 spiro atoms. The van der Waals surface area contributed by atoms with Crippen LogP contribution < -0.4 is 5.73 Å². The van der Waals surface area contributed by atoms with E-state index in [2.05, 4.69) is 47.7 Å². The number of nitrogens with two attached hydrogens (primary N) is 1. The van der Waals surface area contributed by atoms with E-state index in [4.69, 9.17) is 10.6 Å². The average molecular weight is 298 g/mol. The Labute approximate surface area is 128 Å². The Morgan fingerprint density at radius 3 is 2.95 bits per heavy atom. The van der Waals surface area contributed by atoms with Crippen LogP contribution in [0.3, 0.4) is 0 Å². The number of aryl methyl sites for hydroxylation is 2. The highest BCUT2D eigenvalue weighted by Gasteiger charge is 2.38. The predicted molar refractivity (Wildman–Crippen MR) is 84.5 cm³/mol. The quantitative estimate of drug-likeness (QED) is 0.915. The van der Waals surface area contributed by atoms with Crippen LogP contribution in [0.1, 0.15) is 40.1 Å². The molecule has 21 heavy (non-hydrogen) atoms. The molecule has 0 amide bonds. The molecular weight excluding hydrogens is 280 g/mol. The molecule has 4 heteroatoms. The van der Waals surface area contributed by atoms with Gasteiger partial charge in [0.05, 0.1) is 6.04 Å². The zero-order valence-electron chi connectivity index (χ0n) is 12.0. The Morgan fingerprint density at radius 2 is 2.14 bits per heavy atom. The maximum atomic E-state index is 5.96. The minimum absolute atomic E-state index is 0.126. The van der Waals surface area contributed by atoms with Gasteiger partial charge in [-0.05, 0) is 47.9 Å². The molecule has 1 aliphatic heterocycles. The lowest BCUT2D eigenvalue weighted by Crippen LogP contribution is -2.27. The summed E-state index contributed by atoms with van der Waals surface area (Å²) >= 11 is 1.77. The van der Waals surface area contributed by atoms with Gasteiger partial charge in [-0.2, -0.15) is 0 Å². The molecule has 2 aliphatic rings. The second kappa shape index (κ2) is 4.90. The van der Waals surface area contributed by atoms with Crippen LogP contribution >= 0.6 is 11.3 Å². The molecule has 4 rings (SSSR count). The molecule has 108 valence electrons. The number of rotatable bonds is 2. The zero-order valence-corrected chi connectivity index (χ0v) is 12.8. The van der Waals surface area contributed by atoms with E-state index in [0.29, 0.717) is 5.88 Å². The molecule has 1 aromatic heterocycles. The van der Waals surface area contributed by atoms with Crippen molar-refractivity contribution in [2.75, 3.05) is 0 Å². The summed E-state index contributed by atoms with van der Waals surface area (Å²) in [5.41, 5.74) is 10.1. The molecule has 2 atom stereocenters. The number of fused-ring (bicyclic) bond motifs is 1. The van der Waals surface area contributed by atoms with Crippen molar-refractivity contribution in [3.63, 3.8) is 0 Å². The summed E-state index contributed by atoms with van der Waals surface area (Å²) in [5.74, 6) is 0.511. The maximum absolute atomic E-state index is 5.96. The minimum atomic E-state index is 0.126. The van der Waals surface area contributed by atoms with Gasteiger partial charge < -0.3 is 10.6 Å². The summed E-state index contributed by atoms with van der Waals surface area (Å²) in [6.07, 6.45) is 4.22. The van der Waals surface area contributed by atoms with E-state index in [-0.39, 0.29) is 12.1 Å². The first kappa shape index (κ1) is 12.9. The van der Waals surface area contributed by atoms with Gasteiger partial charge in [-0.1, -0.05) is 24.3 Å². The number of hydrogen-bond acceptors (Lipinski definition) is 4. The normalized spacial score (nSPS) is 24.7. The topological polar surface area (TPSA) is 38.5 Å². The second-order valence-electron chi connectivity index (χ2n) is 5.69. The van der Waals surface area contributed by atoms with Gasteiger partial charge in [0, 0.05) is 11.0 Å². The standard InChI is InChI=1S/C17H18N2OS/c1-11-8-9-21-17(11)15-10-16(18)20-19(15)14-7-6-12-4-2-3-5-13(12)14/h2-5,8-10,14-15H,6-7,18H2,1H3. The molecule has 1 aliphatic carbocycles. The third-order valence-electron chi connectivity index (χ3n) is 4.39. The third kappa shape index (κ3) is 2.06. The van der Waals surface area contributed by atoms with E-state index in [1.807, 2.05) is 6.08 Å². The molecular formula is C17H18N2OS. The van der Waals surface area contributed by atoms with Crippen molar-refractivity contribution in [1.29, 1.82) is 0 Å². The van der Waals surface area contributed by atoms with E-state index in [1.165, 1.54) is 21.6 Å². The monoisotopic (exact) mass is 298 g/mol. The summed E-state index contributed by atoms with van der Waals surface area (Å²) in [6, 6.07) is 11.2. The zero-order chi connectivity index (χ0) is 14.4. The number of benzene rings is 1. The van der Waals surface area contributed by atoms with Gasteiger partial charge in [0.1, 0.15) is 6.04 Å². The highest BCUT2D eigenvalue weighted by molar-refractivity contribution is 7.10. The van der Waals surface area contributed by atoms with Gasteiger partial charge in [0.15, 0.2) is 0 Å². The molecule has 1 aromatic carbocycles. The van der Waals surface area contributed by atoms with Gasteiger partial charge in [0.25, 0.3) is 0 Å². The Morgan fingerprint density at radius 1 is 1.29 bits per heavy atom. The summed E-state index contributed by atoms with van der Waals surface area (Å²) in [4.78, 5) is 7.19. The summed E-state index contributed by atoms with van der Waals surface area (Å²) in [5, 5.41) is 4.22. The molecule has 0 radical (unpaired) electrons. The molecule has 2 aromatic rings. The van der Waals surface area contributed by atoms with Gasteiger partial charge in [-0.15, -0.1) is 16.4 Å². The highest BCUT2D eigenvalue weighted by Crippen LogP contribution is 2.45. The van der Waals surface area contributed by atoms with Crippen LogP contribution in [0.4, 0.5) is 0 Å². The summed E-state index contributed by atoms with van der Waals surface area (Å²) < 4.78 is 0. The summed E-state index contributed by atoms with van der Waals surface area (Å²) in [6.45, 7) is 2.15.